The highest BCUT2D eigenvalue weighted by Crippen LogP contribution is 2.17. The van der Waals surface area contributed by atoms with Crippen molar-refractivity contribution in [3.63, 3.8) is 0 Å². The van der Waals surface area contributed by atoms with Crippen molar-refractivity contribution >= 4 is 5.91 Å². The Balaban J connectivity index is 2.21. The summed E-state index contributed by atoms with van der Waals surface area (Å²) in [6.07, 6.45) is -3.49. The number of likely N-dealkylation sites (tertiary alicyclic amines) is 1. The number of hydrogen-bond acceptors (Lipinski definition) is 3. The second-order valence-electron chi connectivity index (χ2n) is 4.16. The average molecular weight is 254 g/mol. The Bertz CT molecular complexity index is 258. The maximum Gasteiger partial charge on any atom is 0.411 e. The Morgan fingerprint density at radius 1 is 1.53 bits per heavy atom. The molecule has 1 heterocycles. The Labute approximate surface area is 98.1 Å². The van der Waals surface area contributed by atoms with Gasteiger partial charge in [0, 0.05) is 13.1 Å². The molecule has 7 heteroatoms. The molecule has 0 aromatic carbocycles. The third-order valence-electron chi connectivity index (χ3n) is 2.62. The summed E-state index contributed by atoms with van der Waals surface area (Å²) in [6, 6.07) is 0. The summed E-state index contributed by atoms with van der Waals surface area (Å²) >= 11 is 0. The highest BCUT2D eigenvalue weighted by Gasteiger charge is 2.29. The van der Waals surface area contributed by atoms with Gasteiger partial charge in [0.15, 0.2) is 0 Å². The molecule has 1 aliphatic heterocycles. The summed E-state index contributed by atoms with van der Waals surface area (Å²) in [5, 5.41) is 3.01. The van der Waals surface area contributed by atoms with Crippen LogP contribution in [0.1, 0.15) is 6.42 Å². The summed E-state index contributed by atoms with van der Waals surface area (Å²) in [7, 11) is 1.83. The lowest BCUT2D eigenvalue weighted by Gasteiger charge is -2.17. The molecule has 0 radical (unpaired) electrons. The first-order valence-corrected chi connectivity index (χ1v) is 5.49. The van der Waals surface area contributed by atoms with E-state index in [4.69, 9.17) is 0 Å². The van der Waals surface area contributed by atoms with Crippen molar-refractivity contribution in [3.05, 3.63) is 0 Å². The fourth-order valence-electron chi connectivity index (χ4n) is 1.86. The first kappa shape index (κ1) is 14.2. The molecule has 0 saturated carbocycles. The third-order valence-corrected chi connectivity index (χ3v) is 2.62. The lowest BCUT2D eigenvalue weighted by Crippen LogP contribution is -2.34. The van der Waals surface area contributed by atoms with E-state index in [-0.39, 0.29) is 5.91 Å². The maximum absolute atomic E-state index is 11.8. The van der Waals surface area contributed by atoms with Gasteiger partial charge in [-0.25, -0.2) is 0 Å². The molecular weight excluding hydrogens is 237 g/mol. The minimum Gasteiger partial charge on any atom is -0.362 e. The first-order valence-electron chi connectivity index (χ1n) is 5.49. The Morgan fingerprint density at radius 3 is 2.82 bits per heavy atom. The van der Waals surface area contributed by atoms with E-state index in [0.29, 0.717) is 19.0 Å². The quantitative estimate of drug-likeness (QED) is 0.782. The van der Waals surface area contributed by atoms with Crippen molar-refractivity contribution in [2.24, 2.45) is 5.92 Å². The molecule has 1 unspecified atom stereocenters. The number of ether oxygens (including phenoxy) is 1. The number of carbonyl (C=O) groups excluding carboxylic acids is 1. The van der Waals surface area contributed by atoms with Crippen LogP contribution in [0.15, 0.2) is 0 Å². The summed E-state index contributed by atoms with van der Waals surface area (Å²) in [4.78, 5) is 13.0. The van der Waals surface area contributed by atoms with Gasteiger partial charge in [0.1, 0.15) is 13.2 Å². The zero-order valence-electron chi connectivity index (χ0n) is 9.72. The van der Waals surface area contributed by atoms with Crippen LogP contribution in [0.25, 0.3) is 0 Å². The topological polar surface area (TPSA) is 41.6 Å². The van der Waals surface area contributed by atoms with Gasteiger partial charge >= 0.3 is 6.18 Å². The maximum atomic E-state index is 11.8. The fourth-order valence-corrected chi connectivity index (χ4v) is 1.86. The zero-order valence-corrected chi connectivity index (χ0v) is 9.72. The van der Waals surface area contributed by atoms with Crippen molar-refractivity contribution in [1.82, 2.24) is 10.2 Å². The number of halogens is 3. The number of carbonyl (C=O) groups is 1. The van der Waals surface area contributed by atoms with Gasteiger partial charge in [-0.2, -0.15) is 13.2 Å². The van der Waals surface area contributed by atoms with Crippen LogP contribution in [0.2, 0.25) is 0 Å². The molecule has 1 aliphatic rings. The first-order chi connectivity index (χ1) is 7.92. The molecular formula is C10H17F3N2O2. The molecule has 0 aromatic heterocycles. The van der Waals surface area contributed by atoms with E-state index in [9.17, 15) is 18.0 Å². The van der Waals surface area contributed by atoms with Gasteiger partial charge in [-0.3, -0.25) is 4.79 Å². The highest BCUT2D eigenvalue weighted by atomic mass is 19.4. The molecule has 1 amide bonds. The van der Waals surface area contributed by atoms with E-state index in [1.807, 2.05) is 7.05 Å². The standard InChI is InChI=1S/C10H17F3N2O2/c1-14-4-8-2-3-15(5-8)9(16)6-17-7-10(11,12)13/h8,14H,2-7H2,1H3. The van der Waals surface area contributed by atoms with Gasteiger partial charge in [-0.15, -0.1) is 0 Å². The van der Waals surface area contributed by atoms with Crippen molar-refractivity contribution in [2.45, 2.75) is 12.6 Å². The van der Waals surface area contributed by atoms with E-state index in [2.05, 4.69) is 10.1 Å². The molecule has 0 spiro atoms. The molecule has 0 aliphatic carbocycles. The highest BCUT2D eigenvalue weighted by molar-refractivity contribution is 5.77. The molecule has 1 saturated heterocycles. The van der Waals surface area contributed by atoms with Crippen LogP contribution in [0.3, 0.4) is 0 Å². The van der Waals surface area contributed by atoms with Gasteiger partial charge in [-0.05, 0) is 25.9 Å². The largest absolute Gasteiger partial charge is 0.411 e. The number of amides is 1. The molecule has 0 aromatic rings. The van der Waals surface area contributed by atoms with Crippen molar-refractivity contribution in [1.29, 1.82) is 0 Å². The van der Waals surface area contributed by atoms with Crippen molar-refractivity contribution < 1.29 is 22.7 Å². The van der Waals surface area contributed by atoms with E-state index < -0.39 is 19.4 Å². The van der Waals surface area contributed by atoms with Crippen LogP contribution in [0, 0.1) is 5.92 Å². The molecule has 100 valence electrons. The lowest BCUT2D eigenvalue weighted by molar-refractivity contribution is -0.177. The second-order valence-corrected chi connectivity index (χ2v) is 4.16. The summed E-state index contributed by atoms with van der Waals surface area (Å²) in [5.74, 6) is 0.0134. The van der Waals surface area contributed by atoms with Gasteiger partial charge in [0.25, 0.3) is 0 Å². The fraction of sp³-hybridized carbons (Fsp3) is 0.900. The lowest BCUT2D eigenvalue weighted by atomic mass is 10.1. The summed E-state index contributed by atoms with van der Waals surface area (Å²) < 4.78 is 39.7. The number of rotatable bonds is 5. The Hall–Kier alpha value is -0.820. The number of alkyl halides is 3. The monoisotopic (exact) mass is 254 g/mol. The van der Waals surface area contributed by atoms with E-state index in [1.165, 1.54) is 0 Å². The zero-order chi connectivity index (χ0) is 12.9. The average Bonchev–Trinajstić information content (AvgIpc) is 2.65. The summed E-state index contributed by atoms with van der Waals surface area (Å²) in [5.41, 5.74) is 0. The van der Waals surface area contributed by atoms with E-state index in [1.54, 1.807) is 4.90 Å². The second kappa shape index (κ2) is 6.20. The Kier molecular flexibility index (Phi) is 5.20. The molecule has 17 heavy (non-hydrogen) atoms. The number of hydrogen-bond donors (Lipinski definition) is 1. The smallest absolute Gasteiger partial charge is 0.362 e. The minimum absolute atomic E-state index is 0.368. The summed E-state index contributed by atoms with van der Waals surface area (Å²) in [6.45, 7) is 0.140. The number of nitrogens with one attached hydrogen (secondary N) is 1. The van der Waals surface area contributed by atoms with Crippen LogP contribution in [-0.4, -0.2) is 56.9 Å². The molecule has 1 atom stereocenters. The molecule has 1 N–H and O–H groups in total. The van der Waals surface area contributed by atoms with Crippen LogP contribution in [0.5, 0.6) is 0 Å². The molecule has 0 bridgehead atoms. The SMILES string of the molecule is CNCC1CCN(C(=O)COCC(F)(F)F)C1. The molecule has 1 fully saturated rings. The predicted octanol–water partition coefficient (Wildman–Crippen LogP) is 0.633. The minimum atomic E-state index is -4.38. The van der Waals surface area contributed by atoms with Crippen molar-refractivity contribution in [2.75, 3.05) is 39.9 Å². The predicted molar refractivity (Wildman–Crippen MR) is 55.5 cm³/mol. The number of nitrogens with zero attached hydrogens (tertiary/aromatic N) is 1. The van der Waals surface area contributed by atoms with Gasteiger partial charge in [-0.1, -0.05) is 0 Å². The third kappa shape index (κ3) is 5.36. The molecule has 1 rings (SSSR count). The van der Waals surface area contributed by atoms with Gasteiger partial charge in [0.05, 0.1) is 0 Å². The van der Waals surface area contributed by atoms with E-state index >= 15 is 0 Å². The van der Waals surface area contributed by atoms with E-state index in [0.717, 1.165) is 13.0 Å². The van der Waals surface area contributed by atoms with Crippen molar-refractivity contribution in [3.8, 4) is 0 Å². The van der Waals surface area contributed by atoms with Gasteiger partial charge in [0.2, 0.25) is 5.91 Å². The van der Waals surface area contributed by atoms with Gasteiger partial charge < -0.3 is 15.0 Å². The van der Waals surface area contributed by atoms with Crippen LogP contribution < -0.4 is 5.32 Å². The normalized spacial score (nSPS) is 20.9. The van der Waals surface area contributed by atoms with Crippen LogP contribution in [0.4, 0.5) is 13.2 Å². The Morgan fingerprint density at radius 2 is 2.24 bits per heavy atom. The van der Waals surface area contributed by atoms with Crippen LogP contribution >= 0.6 is 0 Å². The van der Waals surface area contributed by atoms with Crippen LogP contribution in [-0.2, 0) is 9.53 Å². The molecule has 4 nitrogen and oxygen atoms in total.